The number of benzene rings is 2. The van der Waals surface area contributed by atoms with E-state index in [1.165, 1.54) is 5.56 Å². The van der Waals surface area contributed by atoms with E-state index in [9.17, 15) is 4.79 Å². The fraction of sp³-hybridized carbons (Fsp3) is 0.381. The number of aryl methyl sites for hydroxylation is 1. The van der Waals surface area contributed by atoms with Crippen molar-refractivity contribution in [3.63, 3.8) is 0 Å². The number of ether oxygens (including phenoxy) is 2. The van der Waals surface area contributed by atoms with Crippen LogP contribution in [0.15, 0.2) is 48.5 Å². The first kappa shape index (κ1) is 18.8. The van der Waals surface area contributed by atoms with Crippen LogP contribution in [0.25, 0.3) is 0 Å². The number of carbonyl (C=O) groups excluding carboxylic acids is 1. The largest absolute Gasteiger partial charge is 0.494 e. The van der Waals surface area contributed by atoms with Gasteiger partial charge in [0.25, 0.3) is 5.91 Å². The summed E-state index contributed by atoms with van der Waals surface area (Å²) in [5.41, 5.74) is 2.25. The van der Waals surface area contributed by atoms with Gasteiger partial charge in [-0.15, -0.1) is 0 Å². The van der Waals surface area contributed by atoms with E-state index in [0.717, 1.165) is 23.5 Å². The molecule has 0 aliphatic carbocycles. The van der Waals surface area contributed by atoms with Crippen LogP contribution >= 0.6 is 0 Å². The van der Waals surface area contributed by atoms with E-state index in [1.54, 1.807) is 0 Å². The van der Waals surface area contributed by atoms with Gasteiger partial charge >= 0.3 is 0 Å². The molecule has 0 aliphatic heterocycles. The Hall–Kier alpha value is -2.49. The first-order valence-corrected chi connectivity index (χ1v) is 8.91. The molecule has 0 saturated heterocycles. The summed E-state index contributed by atoms with van der Waals surface area (Å²) < 4.78 is 11.3. The van der Waals surface area contributed by atoms with Gasteiger partial charge in [-0.2, -0.15) is 0 Å². The van der Waals surface area contributed by atoms with Crippen LogP contribution in [-0.2, 0) is 17.8 Å². The average molecular weight is 341 g/mol. The highest BCUT2D eigenvalue weighted by molar-refractivity contribution is 5.81. The van der Waals surface area contributed by atoms with E-state index in [1.807, 2.05) is 62.4 Å². The summed E-state index contributed by atoms with van der Waals surface area (Å²) >= 11 is 0. The van der Waals surface area contributed by atoms with E-state index in [2.05, 4.69) is 12.2 Å². The van der Waals surface area contributed by atoms with E-state index in [0.29, 0.717) is 19.6 Å². The third-order valence-corrected chi connectivity index (χ3v) is 3.95. The van der Waals surface area contributed by atoms with Crippen molar-refractivity contribution in [2.75, 3.05) is 6.61 Å². The molecule has 4 heteroatoms. The van der Waals surface area contributed by atoms with Crippen LogP contribution in [0.3, 0.4) is 0 Å². The summed E-state index contributed by atoms with van der Waals surface area (Å²) in [6.45, 7) is 7.08. The second-order valence-corrected chi connectivity index (χ2v) is 5.81. The number of hydrogen-bond donors (Lipinski definition) is 1. The predicted molar refractivity (Wildman–Crippen MR) is 100.0 cm³/mol. The van der Waals surface area contributed by atoms with Gasteiger partial charge in [-0.3, -0.25) is 4.79 Å². The third kappa shape index (κ3) is 5.82. The highest BCUT2D eigenvalue weighted by Crippen LogP contribution is 2.16. The number of carbonyl (C=O) groups is 1. The minimum absolute atomic E-state index is 0.108. The average Bonchev–Trinajstić information content (AvgIpc) is 2.65. The Balaban J connectivity index is 1.91. The Morgan fingerprint density at radius 1 is 1.00 bits per heavy atom. The van der Waals surface area contributed by atoms with Gasteiger partial charge in [0.1, 0.15) is 11.5 Å². The topological polar surface area (TPSA) is 47.6 Å². The summed E-state index contributed by atoms with van der Waals surface area (Å²) in [4.78, 5) is 12.4. The van der Waals surface area contributed by atoms with Gasteiger partial charge in [0.05, 0.1) is 6.61 Å². The highest BCUT2D eigenvalue weighted by Gasteiger charge is 2.18. The Kier molecular flexibility index (Phi) is 7.33. The Morgan fingerprint density at radius 2 is 1.76 bits per heavy atom. The lowest BCUT2D eigenvalue weighted by Gasteiger charge is -2.17. The lowest BCUT2D eigenvalue weighted by Crippen LogP contribution is -2.37. The van der Waals surface area contributed by atoms with Crippen molar-refractivity contribution >= 4 is 5.91 Å². The first-order valence-electron chi connectivity index (χ1n) is 8.91. The Morgan fingerprint density at radius 3 is 2.40 bits per heavy atom. The molecule has 0 saturated carbocycles. The number of hydrogen-bond acceptors (Lipinski definition) is 3. The maximum Gasteiger partial charge on any atom is 0.261 e. The molecule has 1 amide bonds. The van der Waals surface area contributed by atoms with Gasteiger partial charge in [-0.05, 0) is 55.2 Å². The van der Waals surface area contributed by atoms with Gasteiger partial charge in [-0.25, -0.2) is 0 Å². The summed E-state index contributed by atoms with van der Waals surface area (Å²) in [7, 11) is 0. The van der Waals surface area contributed by atoms with Crippen LogP contribution in [0.1, 0.15) is 38.3 Å². The molecule has 1 N–H and O–H groups in total. The second kappa shape index (κ2) is 9.72. The van der Waals surface area contributed by atoms with Crippen molar-refractivity contribution < 1.29 is 14.3 Å². The second-order valence-electron chi connectivity index (χ2n) is 5.81. The van der Waals surface area contributed by atoms with Crippen molar-refractivity contribution in [3.05, 3.63) is 59.7 Å². The Bertz CT molecular complexity index is 667. The fourth-order valence-corrected chi connectivity index (χ4v) is 2.51. The van der Waals surface area contributed by atoms with Crippen molar-refractivity contribution in [1.82, 2.24) is 5.32 Å². The van der Waals surface area contributed by atoms with Gasteiger partial charge in [0, 0.05) is 6.54 Å². The monoisotopic (exact) mass is 341 g/mol. The zero-order valence-corrected chi connectivity index (χ0v) is 15.2. The number of amides is 1. The molecule has 0 fully saturated rings. The molecule has 25 heavy (non-hydrogen) atoms. The van der Waals surface area contributed by atoms with E-state index < -0.39 is 6.10 Å². The molecule has 2 aromatic carbocycles. The van der Waals surface area contributed by atoms with Crippen LogP contribution in [-0.4, -0.2) is 18.6 Å². The zero-order chi connectivity index (χ0) is 18.1. The maximum atomic E-state index is 12.4. The third-order valence-electron chi connectivity index (χ3n) is 3.95. The molecule has 1 atom stereocenters. The molecule has 2 rings (SSSR count). The van der Waals surface area contributed by atoms with Gasteiger partial charge in [0.15, 0.2) is 6.10 Å². The van der Waals surface area contributed by atoms with Crippen LogP contribution in [0.4, 0.5) is 0 Å². The first-order chi connectivity index (χ1) is 12.2. The minimum Gasteiger partial charge on any atom is -0.494 e. The van der Waals surface area contributed by atoms with Crippen molar-refractivity contribution in [2.45, 2.75) is 46.3 Å². The molecule has 0 heterocycles. The van der Waals surface area contributed by atoms with Crippen molar-refractivity contribution in [3.8, 4) is 11.5 Å². The molecule has 4 nitrogen and oxygen atoms in total. The van der Waals surface area contributed by atoms with E-state index >= 15 is 0 Å². The van der Waals surface area contributed by atoms with Gasteiger partial charge in [0.2, 0.25) is 0 Å². The van der Waals surface area contributed by atoms with Crippen LogP contribution in [0.2, 0.25) is 0 Å². The van der Waals surface area contributed by atoms with Crippen LogP contribution in [0, 0.1) is 0 Å². The van der Waals surface area contributed by atoms with Crippen molar-refractivity contribution in [1.29, 1.82) is 0 Å². The summed E-state index contributed by atoms with van der Waals surface area (Å²) in [6.07, 6.45) is 1.10. The molecule has 134 valence electrons. The lowest BCUT2D eigenvalue weighted by atomic mass is 10.1. The minimum atomic E-state index is -0.498. The van der Waals surface area contributed by atoms with Gasteiger partial charge < -0.3 is 14.8 Å². The fourth-order valence-electron chi connectivity index (χ4n) is 2.51. The standard InChI is InChI=1S/C21H27NO3/c1-4-16-10-12-18(13-11-16)25-20(5-2)21(23)22-15-17-8-7-9-19(14-17)24-6-3/h7-14,20H,4-6,15H2,1-3H3,(H,22,23)/t20-/m0/s1. The highest BCUT2D eigenvalue weighted by atomic mass is 16.5. The number of nitrogens with one attached hydrogen (secondary N) is 1. The van der Waals surface area contributed by atoms with E-state index in [-0.39, 0.29) is 5.91 Å². The maximum absolute atomic E-state index is 12.4. The number of rotatable bonds is 9. The van der Waals surface area contributed by atoms with Crippen molar-refractivity contribution in [2.24, 2.45) is 0 Å². The molecule has 0 radical (unpaired) electrons. The summed E-state index contributed by atoms with van der Waals surface area (Å²) in [5.74, 6) is 1.43. The molecule has 0 spiro atoms. The van der Waals surface area contributed by atoms with Crippen LogP contribution in [0.5, 0.6) is 11.5 Å². The molecule has 0 aromatic heterocycles. The molecule has 0 bridgehead atoms. The quantitative estimate of drug-likeness (QED) is 0.746. The summed E-state index contributed by atoms with van der Waals surface area (Å²) in [6, 6.07) is 15.6. The Labute approximate surface area is 150 Å². The smallest absolute Gasteiger partial charge is 0.261 e. The van der Waals surface area contributed by atoms with Gasteiger partial charge in [-0.1, -0.05) is 38.1 Å². The zero-order valence-electron chi connectivity index (χ0n) is 15.2. The molecular formula is C21H27NO3. The predicted octanol–water partition coefficient (Wildman–Crippen LogP) is 4.12. The molecule has 0 unspecified atom stereocenters. The lowest BCUT2D eigenvalue weighted by molar-refractivity contribution is -0.128. The molecule has 2 aromatic rings. The summed E-state index contributed by atoms with van der Waals surface area (Å²) in [5, 5.41) is 2.94. The molecular weight excluding hydrogens is 314 g/mol. The van der Waals surface area contributed by atoms with Crippen LogP contribution < -0.4 is 14.8 Å². The van der Waals surface area contributed by atoms with E-state index in [4.69, 9.17) is 9.47 Å². The molecule has 0 aliphatic rings. The normalized spacial score (nSPS) is 11.6. The SMILES string of the molecule is CCOc1cccc(CNC(=O)[C@H](CC)Oc2ccc(CC)cc2)c1.